The summed E-state index contributed by atoms with van der Waals surface area (Å²) in [4.78, 5) is 62.1. The lowest BCUT2D eigenvalue weighted by Gasteiger charge is -2.23. The molecular formula is C12H23O18P. The van der Waals surface area contributed by atoms with Crippen molar-refractivity contribution >= 4 is 31.7 Å². The van der Waals surface area contributed by atoms with Crippen molar-refractivity contribution in [2.75, 3.05) is 6.61 Å². The first-order valence-corrected chi connectivity index (χ1v) is 8.99. The molecule has 0 saturated carbocycles. The van der Waals surface area contributed by atoms with Crippen LogP contribution in [0.4, 0.5) is 0 Å². The van der Waals surface area contributed by atoms with Gasteiger partial charge in [-0.25, -0.2) is 14.2 Å². The standard InChI is InChI=1S/C6H8O7.C6H12O7.H3O4P/c7-3(8)1-6(13,5(11)12)2-4(9)10;7-1-2(8)3(9)4(10)5(11)6(12)13;1-5(2,3)4/h13H,1-2H2,(H,7,8)(H,9,10)(H,11,12);2-5,7-11H,1H2,(H,12,13);(H3,1,2,3,4). The van der Waals surface area contributed by atoms with E-state index in [4.69, 9.17) is 70.3 Å². The second kappa shape index (κ2) is 14.7. The van der Waals surface area contributed by atoms with Gasteiger partial charge in [0.05, 0.1) is 19.4 Å². The van der Waals surface area contributed by atoms with E-state index in [1.807, 2.05) is 0 Å². The summed E-state index contributed by atoms with van der Waals surface area (Å²) in [5.41, 5.74) is -2.74. The van der Waals surface area contributed by atoms with E-state index in [9.17, 15) is 19.2 Å². The summed E-state index contributed by atoms with van der Waals surface area (Å²) in [6, 6.07) is 0. The third kappa shape index (κ3) is 18.3. The Kier molecular flexibility index (Phi) is 15.8. The molecule has 0 aromatic heterocycles. The molecule has 0 aliphatic rings. The lowest BCUT2D eigenvalue weighted by atomic mass is 9.96. The smallest absolute Gasteiger partial charge is 0.466 e. The van der Waals surface area contributed by atoms with Crippen molar-refractivity contribution in [2.45, 2.75) is 42.9 Å². The quantitative estimate of drug-likeness (QED) is 0.128. The summed E-state index contributed by atoms with van der Waals surface area (Å²) < 4.78 is 8.88. The van der Waals surface area contributed by atoms with Crippen molar-refractivity contribution in [3.8, 4) is 0 Å². The van der Waals surface area contributed by atoms with Crippen LogP contribution in [0.1, 0.15) is 12.8 Å². The zero-order valence-corrected chi connectivity index (χ0v) is 16.1. The van der Waals surface area contributed by atoms with Gasteiger partial charge in [-0.05, 0) is 0 Å². The summed E-state index contributed by atoms with van der Waals surface area (Å²) in [7, 11) is -4.64. The van der Waals surface area contributed by atoms with E-state index in [0.717, 1.165) is 0 Å². The van der Waals surface area contributed by atoms with E-state index in [2.05, 4.69) is 0 Å². The Morgan fingerprint density at radius 3 is 1.29 bits per heavy atom. The Bertz CT molecular complexity index is 617. The van der Waals surface area contributed by atoms with Crippen molar-refractivity contribution in [2.24, 2.45) is 0 Å². The van der Waals surface area contributed by atoms with Gasteiger partial charge in [0.1, 0.15) is 18.3 Å². The molecule has 0 bridgehead atoms. The van der Waals surface area contributed by atoms with Gasteiger partial charge < -0.3 is 65.7 Å². The Balaban J connectivity index is -0.000000416. The second-order valence-electron chi connectivity index (χ2n) is 5.51. The van der Waals surface area contributed by atoms with Crippen molar-refractivity contribution in [1.82, 2.24) is 0 Å². The number of carboxylic acids is 4. The summed E-state index contributed by atoms with van der Waals surface area (Å²) in [5, 5.41) is 85.6. The van der Waals surface area contributed by atoms with Crippen molar-refractivity contribution in [1.29, 1.82) is 0 Å². The van der Waals surface area contributed by atoms with Gasteiger partial charge >= 0.3 is 31.7 Å². The SMILES string of the molecule is O=C(O)C(O)C(O)C(O)C(O)CO.O=C(O)CC(O)(CC(=O)O)C(=O)O.O=P(O)(O)O. The molecule has 0 aliphatic heterocycles. The van der Waals surface area contributed by atoms with E-state index in [-0.39, 0.29) is 0 Å². The first-order valence-electron chi connectivity index (χ1n) is 7.43. The van der Waals surface area contributed by atoms with Crippen LogP contribution in [0.2, 0.25) is 0 Å². The molecule has 13 N–H and O–H groups in total. The zero-order chi connectivity index (χ0) is 25.7. The molecule has 184 valence electrons. The molecule has 0 aromatic carbocycles. The van der Waals surface area contributed by atoms with E-state index in [1.54, 1.807) is 0 Å². The first-order chi connectivity index (χ1) is 13.7. The molecular weight excluding hydrogens is 463 g/mol. The summed E-state index contributed by atoms with van der Waals surface area (Å²) in [6.07, 6.45) is -10.1. The number of rotatable bonds is 10. The molecule has 0 aliphatic carbocycles. The maximum atomic E-state index is 10.3. The molecule has 0 rings (SSSR count). The normalized spacial score (nSPS) is 15.0. The minimum Gasteiger partial charge on any atom is -0.481 e. The van der Waals surface area contributed by atoms with Crippen LogP contribution < -0.4 is 0 Å². The van der Waals surface area contributed by atoms with Gasteiger partial charge in [-0.2, -0.15) is 0 Å². The molecule has 4 atom stereocenters. The van der Waals surface area contributed by atoms with E-state index in [0.29, 0.717) is 0 Å². The highest BCUT2D eigenvalue weighted by molar-refractivity contribution is 7.45. The highest BCUT2D eigenvalue weighted by atomic mass is 31.2. The fourth-order valence-electron chi connectivity index (χ4n) is 1.38. The average Bonchev–Trinajstić information content (AvgIpc) is 2.56. The van der Waals surface area contributed by atoms with Crippen LogP contribution >= 0.6 is 7.82 Å². The van der Waals surface area contributed by atoms with Gasteiger partial charge in [0.2, 0.25) is 0 Å². The number of carbonyl (C=O) groups is 4. The molecule has 0 saturated heterocycles. The van der Waals surface area contributed by atoms with Crippen molar-refractivity contribution in [3.63, 3.8) is 0 Å². The Labute approximate surface area is 171 Å². The van der Waals surface area contributed by atoms with Crippen LogP contribution in [0.15, 0.2) is 0 Å². The molecule has 4 unspecified atom stereocenters. The van der Waals surface area contributed by atoms with Gasteiger partial charge in [0.25, 0.3) is 0 Å². The summed E-state index contributed by atoms with van der Waals surface area (Å²) >= 11 is 0. The largest absolute Gasteiger partial charge is 0.481 e. The van der Waals surface area contributed by atoms with Gasteiger partial charge in [-0.1, -0.05) is 0 Å². The molecule has 18 nitrogen and oxygen atoms in total. The van der Waals surface area contributed by atoms with Crippen LogP contribution in [-0.2, 0) is 23.7 Å². The molecule has 0 aromatic rings. The number of aliphatic hydroxyl groups excluding tert-OH is 5. The fraction of sp³-hybridized carbons (Fsp3) is 0.667. The van der Waals surface area contributed by atoms with Crippen LogP contribution in [-0.4, -0.2) is 126 Å². The number of hydrogen-bond donors (Lipinski definition) is 13. The van der Waals surface area contributed by atoms with Crippen LogP contribution in [0.5, 0.6) is 0 Å². The van der Waals surface area contributed by atoms with Gasteiger partial charge in [-0.15, -0.1) is 0 Å². The zero-order valence-electron chi connectivity index (χ0n) is 15.2. The molecule has 0 spiro atoms. The van der Waals surface area contributed by atoms with Crippen LogP contribution in [0, 0.1) is 0 Å². The molecule has 31 heavy (non-hydrogen) atoms. The first kappa shape index (κ1) is 33.4. The van der Waals surface area contributed by atoms with Crippen molar-refractivity contribution < 1.29 is 89.5 Å². The number of aliphatic carboxylic acids is 4. The second-order valence-corrected chi connectivity index (χ2v) is 6.53. The van der Waals surface area contributed by atoms with Gasteiger partial charge in [-0.3, -0.25) is 9.59 Å². The average molecular weight is 486 g/mol. The number of phosphoric acid groups is 1. The molecule has 19 heteroatoms. The Hall–Kier alpha value is -2.25. The Morgan fingerprint density at radius 1 is 0.774 bits per heavy atom. The highest BCUT2D eigenvalue weighted by Gasteiger charge is 2.40. The van der Waals surface area contributed by atoms with Gasteiger partial charge in [0, 0.05) is 0 Å². The molecule has 0 heterocycles. The summed E-state index contributed by atoms with van der Waals surface area (Å²) in [5.74, 6) is -6.74. The third-order valence-electron chi connectivity index (χ3n) is 2.79. The van der Waals surface area contributed by atoms with E-state index in [1.165, 1.54) is 0 Å². The fourth-order valence-corrected chi connectivity index (χ4v) is 1.38. The predicted molar refractivity (Wildman–Crippen MR) is 90.1 cm³/mol. The topological polar surface area (TPSA) is 348 Å². The lowest BCUT2D eigenvalue weighted by Crippen LogP contribution is -2.48. The number of hydrogen-bond acceptors (Lipinski definition) is 11. The monoisotopic (exact) mass is 486 g/mol. The minimum atomic E-state index is -4.64. The maximum Gasteiger partial charge on any atom is 0.466 e. The lowest BCUT2D eigenvalue weighted by molar-refractivity contribution is -0.170. The minimum absolute atomic E-state index is 0.843. The molecule has 0 amide bonds. The molecule has 0 radical (unpaired) electrons. The number of aliphatic hydroxyl groups is 6. The predicted octanol–water partition coefficient (Wildman–Crippen LogP) is -5.67. The van der Waals surface area contributed by atoms with E-state index < -0.39 is 81.2 Å². The van der Waals surface area contributed by atoms with Gasteiger partial charge in [0.15, 0.2) is 11.7 Å². The van der Waals surface area contributed by atoms with Crippen molar-refractivity contribution in [3.05, 3.63) is 0 Å². The number of carboxylic acid groups (broad SMARTS) is 4. The highest BCUT2D eigenvalue weighted by Crippen LogP contribution is 2.25. The van der Waals surface area contributed by atoms with Crippen LogP contribution in [0.3, 0.4) is 0 Å². The molecule has 0 fully saturated rings. The van der Waals surface area contributed by atoms with E-state index >= 15 is 0 Å². The Morgan fingerprint density at radius 2 is 1.10 bits per heavy atom. The third-order valence-corrected chi connectivity index (χ3v) is 2.79. The summed E-state index contributed by atoms with van der Waals surface area (Å²) in [6.45, 7) is -0.843. The van der Waals surface area contributed by atoms with Crippen LogP contribution in [0.25, 0.3) is 0 Å². The maximum absolute atomic E-state index is 10.3.